The molecular weight excluding hydrogens is 160 g/mol. The topological polar surface area (TPSA) is 80.9 Å². The first kappa shape index (κ1) is 11.8. The lowest BCUT2D eigenvalue weighted by molar-refractivity contribution is -0.0693. The fourth-order valence-electron chi connectivity index (χ4n) is 1.06. The Kier molecular flexibility index (Phi) is 5.41. The van der Waals surface area contributed by atoms with Crippen molar-refractivity contribution in [1.29, 1.82) is 0 Å². The maximum absolute atomic E-state index is 9.32. The molecule has 0 aliphatic heterocycles. The highest BCUT2D eigenvalue weighted by Crippen LogP contribution is 2.14. The van der Waals surface area contributed by atoms with Crippen molar-refractivity contribution in [3.8, 4) is 0 Å². The van der Waals surface area contributed by atoms with E-state index >= 15 is 0 Å². The molecule has 0 aliphatic rings. The van der Waals surface area contributed by atoms with Crippen LogP contribution in [0.5, 0.6) is 0 Å². The monoisotopic (exact) mass is 178 g/mol. The van der Waals surface area contributed by atoms with E-state index < -0.39 is 30.8 Å². The molecule has 0 saturated heterocycles. The molecule has 0 aromatic heterocycles. The quantitative estimate of drug-likeness (QED) is 0.440. The normalized spacial score (nSPS) is 21.5. The Morgan fingerprint density at radius 3 is 1.92 bits per heavy atom. The molecule has 0 aliphatic carbocycles. The molecule has 12 heavy (non-hydrogen) atoms. The van der Waals surface area contributed by atoms with Crippen LogP contribution in [0.2, 0.25) is 0 Å². The van der Waals surface area contributed by atoms with E-state index in [9.17, 15) is 10.2 Å². The average Bonchev–Trinajstić information content (AvgIpc) is 2.12. The maximum atomic E-state index is 9.32. The van der Waals surface area contributed by atoms with Crippen molar-refractivity contribution >= 4 is 0 Å². The predicted molar refractivity (Wildman–Crippen MR) is 44.6 cm³/mol. The van der Waals surface area contributed by atoms with Gasteiger partial charge >= 0.3 is 0 Å². The van der Waals surface area contributed by atoms with Crippen LogP contribution in [0.4, 0.5) is 0 Å². The van der Waals surface area contributed by atoms with Crippen LogP contribution in [0, 0.1) is 5.92 Å². The Bertz CT molecular complexity index is 104. The van der Waals surface area contributed by atoms with Crippen molar-refractivity contribution in [2.24, 2.45) is 5.92 Å². The van der Waals surface area contributed by atoms with Crippen molar-refractivity contribution in [1.82, 2.24) is 0 Å². The Balaban J connectivity index is 3.99. The lowest BCUT2D eigenvalue weighted by atomic mass is 9.93. The van der Waals surface area contributed by atoms with Gasteiger partial charge < -0.3 is 20.4 Å². The Hall–Kier alpha value is -0.160. The van der Waals surface area contributed by atoms with Gasteiger partial charge in [-0.25, -0.2) is 0 Å². The van der Waals surface area contributed by atoms with E-state index in [4.69, 9.17) is 10.2 Å². The second kappa shape index (κ2) is 5.48. The minimum Gasteiger partial charge on any atom is -0.394 e. The van der Waals surface area contributed by atoms with Gasteiger partial charge in [0, 0.05) is 5.92 Å². The van der Waals surface area contributed by atoms with Crippen LogP contribution in [0.15, 0.2) is 0 Å². The van der Waals surface area contributed by atoms with E-state index in [1.165, 1.54) is 0 Å². The molecule has 0 radical (unpaired) electrons. The van der Waals surface area contributed by atoms with E-state index in [1.54, 1.807) is 13.8 Å². The zero-order valence-corrected chi connectivity index (χ0v) is 7.51. The largest absolute Gasteiger partial charge is 0.394 e. The third-order valence-electron chi connectivity index (χ3n) is 2.15. The zero-order valence-electron chi connectivity index (χ0n) is 7.51. The third kappa shape index (κ3) is 3.06. The number of rotatable bonds is 5. The summed E-state index contributed by atoms with van der Waals surface area (Å²) in [5.41, 5.74) is 0. The first-order chi connectivity index (χ1) is 5.54. The fourth-order valence-corrected chi connectivity index (χ4v) is 1.06. The average molecular weight is 178 g/mol. The lowest BCUT2D eigenvalue weighted by Gasteiger charge is -2.25. The standard InChI is InChI=1S/C8H18O4/c1-3-6(10)5(2)8(12)7(11)4-9/h5-12H,3-4H2,1-2H3. The van der Waals surface area contributed by atoms with Crippen molar-refractivity contribution in [2.45, 2.75) is 38.6 Å². The fraction of sp³-hybridized carbons (Fsp3) is 1.00. The second-order valence-electron chi connectivity index (χ2n) is 3.08. The van der Waals surface area contributed by atoms with Gasteiger partial charge in [-0.15, -0.1) is 0 Å². The van der Waals surface area contributed by atoms with Gasteiger partial charge in [-0.2, -0.15) is 0 Å². The zero-order chi connectivity index (χ0) is 9.72. The maximum Gasteiger partial charge on any atom is 0.103 e. The van der Waals surface area contributed by atoms with Gasteiger partial charge in [0.25, 0.3) is 0 Å². The second-order valence-corrected chi connectivity index (χ2v) is 3.08. The van der Waals surface area contributed by atoms with E-state index in [1.807, 2.05) is 0 Å². The summed E-state index contributed by atoms with van der Waals surface area (Å²) in [6, 6.07) is 0. The third-order valence-corrected chi connectivity index (χ3v) is 2.15. The number of hydrogen-bond donors (Lipinski definition) is 4. The summed E-state index contributed by atoms with van der Waals surface area (Å²) in [4.78, 5) is 0. The van der Waals surface area contributed by atoms with Crippen LogP contribution in [-0.4, -0.2) is 45.3 Å². The van der Waals surface area contributed by atoms with Gasteiger partial charge in [0.1, 0.15) is 6.10 Å². The number of hydrogen-bond acceptors (Lipinski definition) is 4. The molecule has 0 bridgehead atoms. The van der Waals surface area contributed by atoms with Crippen LogP contribution in [0.25, 0.3) is 0 Å². The van der Waals surface area contributed by atoms with Crippen LogP contribution >= 0.6 is 0 Å². The summed E-state index contributed by atoms with van der Waals surface area (Å²) in [5, 5.41) is 36.2. The predicted octanol–water partition coefficient (Wildman–Crippen LogP) is -0.893. The van der Waals surface area contributed by atoms with Crippen molar-refractivity contribution in [3.63, 3.8) is 0 Å². The van der Waals surface area contributed by atoms with Gasteiger partial charge in [0.15, 0.2) is 0 Å². The molecule has 0 spiro atoms. The molecule has 4 atom stereocenters. The lowest BCUT2D eigenvalue weighted by Crippen LogP contribution is -2.39. The molecule has 4 nitrogen and oxygen atoms in total. The summed E-state index contributed by atoms with van der Waals surface area (Å²) in [5.74, 6) is -0.419. The molecule has 0 fully saturated rings. The Morgan fingerprint density at radius 1 is 1.08 bits per heavy atom. The van der Waals surface area contributed by atoms with Crippen LogP contribution < -0.4 is 0 Å². The molecule has 0 rings (SSSR count). The minimum atomic E-state index is -1.17. The molecule has 0 aromatic carbocycles. The summed E-state index contributed by atoms with van der Waals surface area (Å²) in [7, 11) is 0. The number of aliphatic hydroxyl groups excluding tert-OH is 4. The summed E-state index contributed by atoms with van der Waals surface area (Å²) < 4.78 is 0. The molecule has 4 heteroatoms. The Morgan fingerprint density at radius 2 is 1.58 bits per heavy atom. The van der Waals surface area contributed by atoms with E-state index in [0.717, 1.165) is 0 Å². The van der Waals surface area contributed by atoms with Crippen LogP contribution in [-0.2, 0) is 0 Å². The first-order valence-electron chi connectivity index (χ1n) is 4.19. The summed E-state index contributed by atoms with van der Waals surface area (Å²) >= 11 is 0. The molecule has 0 amide bonds. The highest BCUT2D eigenvalue weighted by atomic mass is 16.4. The molecule has 0 saturated carbocycles. The smallest absolute Gasteiger partial charge is 0.103 e. The summed E-state index contributed by atoms with van der Waals surface area (Å²) in [6.45, 7) is 2.94. The van der Waals surface area contributed by atoms with Crippen molar-refractivity contribution in [3.05, 3.63) is 0 Å². The number of aliphatic hydroxyl groups is 4. The van der Waals surface area contributed by atoms with E-state index in [2.05, 4.69) is 0 Å². The minimum absolute atomic E-state index is 0.419. The van der Waals surface area contributed by atoms with Gasteiger partial charge in [0.05, 0.1) is 18.8 Å². The van der Waals surface area contributed by atoms with Gasteiger partial charge in [-0.3, -0.25) is 0 Å². The van der Waals surface area contributed by atoms with Gasteiger partial charge in [-0.05, 0) is 6.42 Å². The van der Waals surface area contributed by atoms with E-state index in [-0.39, 0.29) is 0 Å². The van der Waals surface area contributed by atoms with Crippen molar-refractivity contribution < 1.29 is 20.4 Å². The van der Waals surface area contributed by atoms with Gasteiger partial charge in [0.2, 0.25) is 0 Å². The van der Waals surface area contributed by atoms with Crippen LogP contribution in [0.1, 0.15) is 20.3 Å². The highest BCUT2D eigenvalue weighted by molar-refractivity contribution is 4.76. The molecule has 4 N–H and O–H groups in total. The van der Waals surface area contributed by atoms with Crippen LogP contribution in [0.3, 0.4) is 0 Å². The SMILES string of the molecule is CCC(O)C(C)C(O)C(O)CO. The first-order valence-corrected chi connectivity index (χ1v) is 4.19. The molecule has 0 aromatic rings. The molecule has 0 heterocycles. The molecule has 74 valence electrons. The highest BCUT2D eigenvalue weighted by Gasteiger charge is 2.26. The van der Waals surface area contributed by atoms with Gasteiger partial charge in [-0.1, -0.05) is 13.8 Å². The summed E-state index contributed by atoms with van der Waals surface area (Å²) in [6.07, 6.45) is -2.34. The van der Waals surface area contributed by atoms with Crippen molar-refractivity contribution in [2.75, 3.05) is 6.61 Å². The Labute approximate surface area is 72.5 Å². The van der Waals surface area contributed by atoms with E-state index in [0.29, 0.717) is 6.42 Å². The molecule has 4 unspecified atom stereocenters. The molecular formula is C8H18O4.